The summed E-state index contributed by atoms with van der Waals surface area (Å²) < 4.78 is 4.93. The Hall–Kier alpha value is -1.04. The molecule has 0 amide bonds. The molecule has 34 heavy (non-hydrogen) atoms. The molecule has 4 aromatic carbocycles. The minimum Gasteiger partial charge on any atom is -0.228 e. The number of benzene rings is 4. The van der Waals surface area contributed by atoms with Crippen molar-refractivity contribution in [3.8, 4) is 0 Å². The second-order valence-corrected chi connectivity index (χ2v) is 12.1. The van der Waals surface area contributed by atoms with E-state index in [0.29, 0.717) is 0 Å². The number of hydrogen-bond donors (Lipinski definition) is 0. The molecular formula is C28H24I2N2S2. The van der Waals surface area contributed by atoms with Gasteiger partial charge in [0.1, 0.15) is 0 Å². The zero-order valence-electron chi connectivity index (χ0n) is 18.5. The molecule has 5 rings (SSSR count). The molecular weight excluding hydrogens is 682 g/mol. The van der Waals surface area contributed by atoms with Crippen LogP contribution in [0, 0.1) is 0 Å². The highest BCUT2D eigenvalue weighted by molar-refractivity contribution is 14.2. The molecule has 0 saturated heterocycles. The zero-order chi connectivity index (χ0) is 23.7. The van der Waals surface area contributed by atoms with Crippen LogP contribution >= 0.6 is 60.6 Å². The molecule has 0 aliphatic heterocycles. The Morgan fingerprint density at radius 1 is 0.588 bits per heavy atom. The summed E-state index contributed by atoms with van der Waals surface area (Å²) in [5.74, 6) is 0. The Bertz CT molecular complexity index is 1260. The van der Waals surface area contributed by atoms with Crippen molar-refractivity contribution in [3.63, 3.8) is 0 Å². The highest BCUT2D eigenvalue weighted by atomic mass is 127. The van der Waals surface area contributed by atoms with E-state index in [1.54, 1.807) is 18.2 Å². The summed E-state index contributed by atoms with van der Waals surface area (Å²) in [4.78, 5) is 0. The number of fused-ring (bicyclic) bond motifs is 2. The molecule has 172 valence electrons. The van der Waals surface area contributed by atoms with E-state index in [-0.39, 0.29) is 12.1 Å². The largest absolute Gasteiger partial charge is 0.228 e. The van der Waals surface area contributed by atoms with Gasteiger partial charge in [-0.2, -0.15) is 0 Å². The van der Waals surface area contributed by atoms with Crippen LogP contribution < -0.4 is 0 Å². The van der Waals surface area contributed by atoms with Gasteiger partial charge in [0.05, 0.1) is 12.1 Å². The minimum absolute atomic E-state index is 0.214. The van der Waals surface area contributed by atoms with Crippen LogP contribution in [0.4, 0.5) is 0 Å². The molecule has 0 aromatic heterocycles. The van der Waals surface area contributed by atoms with E-state index in [1.807, 2.05) is 0 Å². The summed E-state index contributed by atoms with van der Waals surface area (Å²) in [7, 11) is 3.53. The fourth-order valence-electron chi connectivity index (χ4n) is 4.86. The van der Waals surface area contributed by atoms with Crippen LogP contribution in [0.3, 0.4) is 0 Å². The lowest BCUT2D eigenvalue weighted by atomic mass is 9.76. The third-order valence-corrected chi connectivity index (χ3v) is 10.7. The average molecular weight is 706 g/mol. The highest BCUT2D eigenvalue weighted by Gasteiger charge is 2.46. The van der Waals surface area contributed by atoms with Crippen LogP contribution in [-0.4, -0.2) is 20.7 Å². The van der Waals surface area contributed by atoms with Gasteiger partial charge in [-0.05, 0) is 62.1 Å². The van der Waals surface area contributed by atoms with Crippen LogP contribution in [0.15, 0.2) is 109 Å². The molecule has 0 heterocycles. The maximum Gasteiger partial charge on any atom is 0.0666 e. The Balaban J connectivity index is 1.43. The van der Waals surface area contributed by atoms with Gasteiger partial charge in [0, 0.05) is 55.5 Å². The van der Waals surface area contributed by atoms with E-state index < -0.39 is 0 Å². The number of rotatable bonds is 8. The predicted octanol–water partition coefficient (Wildman–Crippen LogP) is 9.16. The van der Waals surface area contributed by atoms with Crippen molar-refractivity contribution in [3.05, 3.63) is 120 Å². The fraction of sp³-hybridized carbons (Fsp3) is 0.143. The topological polar surface area (TPSA) is 6.48 Å². The quantitative estimate of drug-likeness (QED) is 0.133. The predicted molar refractivity (Wildman–Crippen MR) is 168 cm³/mol. The molecule has 2 nitrogen and oxygen atoms in total. The van der Waals surface area contributed by atoms with Crippen LogP contribution in [0.2, 0.25) is 0 Å². The first kappa shape index (κ1) is 24.6. The molecule has 6 heteroatoms. The van der Waals surface area contributed by atoms with Crippen molar-refractivity contribution in [2.45, 2.75) is 25.2 Å². The third-order valence-electron chi connectivity index (χ3n) is 6.64. The SMILES string of the molecule is C=C1C(=C)[C@@H](N(Cc2cccc3ccccc23)SI)[C@@H]1N(Cc1cccc2ccccc12)SI. The summed E-state index contributed by atoms with van der Waals surface area (Å²) in [5, 5.41) is 5.20. The van der Waals surface area contributed by atoms with Crippen LogP contribution in [0.5, 0.6) is 0 Å². The van der Waals surface area contributed by atoms with Gasteiger partial charge >= 0.3 is 0 Å². The van der Waals surface area contributed by atoms with Crippen molar-refractivity contribution in [1.29, 1.82) is 0 Å². The van der Waals surface area contributed by atoms with E-state index in [2.05, 4.69) is 149 Å². The van der Waals surface area contributed by atoms with Crippen molar-refractivity contribution >= 4 is 82.2 Å². The molecule has 1 aliphatic rings. The van der Waals surface area contributed by atoms with Gasteiger partial charge in [0.2, 0.25) is 0 Å². The van der Waals surface area contributed by atoms with E-state index >= 15 is 0 Å². The molecule has 2 atom stereocenters. The van der Waals surface area contributed by atoms with Gasteiger partial charge in [-0.1, -0.05) is 98.1 Å². The summed E-state index contributed by atoms with van der Waals surface area (Å²) in [6.45, 7) is 10.6. The maximum absolute atomic E-state index is 4.42. The smallest absolute Gasteiger partial charge is 0.0666 e. The molecule has 1 saturated carbocycles. The van der Waals surface area contributed by atoms with Gasteiger partial charge in [-0.3, -0.25) is 0 Å². The van der Waals surface area contributed by atoms with Gasteiger partial charge in [0.15, 0.2) is 0 Å². The van der Waals surface area contributed by atoms with Crippen molar-refractivity contribution in [2.24, 2.45) is 0 Å². The standard InChI is InChI=1S/C28H24I2N2S2/c1-19-20(2)28(32(34-30)18-24-14-8-12-22-10-4-6-16-26(22)24)27(19)31(33-29)17-23-13-7-11-21-9-3-5-15-25(21)23/h3-16,27-28H,1-2,17-18H2/t27-,28-/m1/s1. The van der Waals surface area contributed by atoms with Crippen LogP contribution in [-0.2, 0) is 13.1 Å². The maximum atomic E-state index is 4.42. The Morgan fingerprint density at radius 2 is 0.971 bits per heavy atom. The molecule has 1 aliphatic carbocycles. The van der Waals surface area contributed by atoms with Gasteiger partial charge < -0.3 is 0 Å². The molecule has 0 N–H and O–H groups in total. The van der Waals surface area contributed by atoms with Crippen LogP contribution in [0.1, 0.15) is 11.1 Å². The number of halogens is 2. The van der Waals surface area contributed by atoms with E-state index in [1.165, 1.54) is 32.7 Å². The molecule has 1 fully saturated rings. The summed E-state index contributed by atoms with van der Waals surface area (Å²) in [5.41, 5.74) is 4.97. The van der Waals surface area contributed by atoms with Crippen molar-refractivity contribution < 1.29 is 0 Å². The molecule has 4 aromatic rings. The second kappa shape index (κ2) is 10.9. The lowest BCUT2D eigenvalue weighted by molar-refractivity contribution is 0.223. The summed E-state index contributed by atoms with van der Waals surface area (Å²) >= 11 is 4.83. The summed E-state index contributed by atoms with van der Waals surface area (Å²) in [6, 6.07) is 30.9. The van der Waals surface area contributed by atoms with E-state index in [4.69, 9.17) is 0 Å². The highest BCUT2D eigenvalue weighted by Crippen LogP contribution is 2.47. The van der Waals surface area contributed by atoms with Crippen molar-refractivity contribution in [2.75, 3.05) is 0 Å². The fourth-order valence-corrected chi connectivity index (χ4v) is 8.19. The molecule has 0 unspecified atom stereocenters. The Kier molecular flexibility index (Phi) is 7.92. The first-order chi connectivity index (χ1) is 16.6. The van der Waals surface area contributed by atoms with Crippen molar-refractivity contribution in [1.82, 2.24) is 8.61 Å². The normalized spacial score (nSPS) is 18.2. The van der Waals surface area contributed by atoms with Crippen LogP contribution in [0.25, 0.3) is 21.5 Å². The third kappa shape index (κ3) is 4.69. The van der Waals surface area contributed by atoms with E-state index in [0.717, 1.165) is 24.2 Å². The summed E-state index contributed by atoms with van der Waals surface area (Å²) in [6.07, 6.45) is 0. The number of hydrogen-bond acceptors (Lipinski definition) is 4. The molecule has 0 spiro atoms. The molecule has 0 radical (unpaired) electrons. The zero-order valence-corrected chi connectivity index (χ0v) is 24.5. The first-order valence-corrected chi connectivity index (χ1v) is 17.7. The second-order valence-electron chi connectivity index (χ2n) is 8.51. The monoisotopic (exact) mass is 706 g/mol. The lowest BCUT2D eigenvalue weighted by Gasteiger charge is -2.50. The van der Waals surface area contributed by atoms with Gasteiger partial charge in [0.25, 0.3) is 0 Å². The molecule has 0 bridgehead atoms. The van der Waals surface area contributed by atoms with Gasteiger partial charge in [-0.15, -0.1) is 0 Å². The lowest BCUT2D eigenvalue weighted by Crippen LogP contribution is -2.56. The van der Waals surface area contributed by atoms with Gasteiger partial charge in [-0.25, -0.2) is 8.61 Å². The average Bonchev–Trinajstić information content (AvgIpc) is 2.89. The Morgan fingerprint density at radius 3 is 1.38 bits per heavy atom. The number of nitrogens with zero attached hydrogens (tertiary/aromatic N) is 2. The minimum atomic E-state index is 0.214. The first-order valence-electron chi connectivity index (χ1n) is 11.0. The van der Waals surface area contributed by atoms with E-state index in [9.17, 15) is 0 Å². The Labute approximate surface area is 234 Å².